The first-order valence-corrected chi connectivity index (χ1v) is 10.5. The molecule has 0 spiro atoms. The van der Waals surface area contributed by atoms with Gasteiger partial charge in [0.15, 0.2) is 6.61 Å². The van der Waals surface area contributed by atoms with Crippen LogP contribution in [0.25, 0.3) is 11.0 Å². The summed E-state index contributed by atoms with van der Waals surface area (Å²) in [5, 5.41) is 3.03. The average molecular weight is 434 g/mol. The third-order valence-corrected chi connectivity index (χ3v) is 5.04. The number of hydrogen-bond donors (Lipinski definition) is 2. The Morgan fingerprint density at radius 3 is 2.77 bits per heavy atom. The molecule has 1 unspecified atom stereocenters. The van der Waals surface area contributed by atoms with Crippen LogP contribution in [-0.2, 0) is 4.79 Å². The van der Waals surface area contributed by atoms with Gasteiger partial charge in [-0.3, -0.25) is 4.79 Å². The lowest BCUT2D eigenvalue weighted by Gasteiger charge is -2.16. The number of nitrogens with zero attached hydrogens (tertiary/aromatic N) is 1. The first kappa shape index (κ1) is 18.8. The fourth-order valence-corrected chi connectivity index (χ4v) is 3.30. The monoisotopic (exact) mass is 433 g/mol. The van der Waals surface area contributed by atoms with Crippen LogP contribution in [0.1, 0.15) is 18.3 Å². The minimum atomic E-state index is -0.170. The first-order chi connectivity index (χ1) is 12.7. The molecule has 3 aromatic rings. The van der Waals surface area contributed by atoms with Crippen LogP contribution in [0.4, 0.5) is 0 Å². The van der Waals surface area contributed by atoms with E-state index in [4.69, 9.17) is 4.74 Å². The Kier molecular flexibility index (Phi) is 6.57. The molecule has 136 valence electrons. The van der Waals surface area contributed by atoms with Gasteiger partial charge in [-0.15, -0.1) is 0 Å². The third kappa shape index (κ3) is 5.02. The molecule has 0 radical (unpaired) electrons. The molecule has 3 rings (SSSR count). The molecule has 0 aliphatic rings. The number of thioether (sulfide) groups is 1. The highest BCUT2D eigenvalue weighted by Gasteiger charge is 2.18. The van der Waals surface area contributed by atoms with Gasteiger partial charge >= 0.3 is 0 Å². The fraction of sp³-hybridized carbons (Fsp3) is 0.263. The van der Waals surface area contributed by atoms with Gasteiger partial charge in [-0.05, 0) is 54.8 Å². The molecule has 1 heterocycles. The maximum atomic E-state index is 12.4. The molecular weight excluding hydrogens is 414 g/mol. The van der Waals surface area contributed by atoms with E-state index < -0.39 is 0 Å². The summed E-state index contributed by atoms with van der Waals surface area (Å²) < 4.78 is 6.52. The minimum Gasteiger partial charge on any atom is -0.484 e. The standard InChI is InChI=1S/C19H20BrN3O2S/c1-26-11-10-17(19-22-15-4-2-3-5-16(15)23-19)21-18(24)12-25-14-8-6-13(20)7-9-14/h2-9,17H,10-12H2,1H3,(H,21,24)(H,22,23). The number of rotatable bonds is 8. The molecule has 26 heavy (non-hydrogen) atoms. The van der Waals surface area contributed by atoms with Gasteiger partial charge in [-0.2, -0.15) is 11.8 Å². The van der Waals surface area contributed by atoms with Gasteiger partial charge in [0.2, 0.25) is 0 Å². The number of amides is 1. The number of aromatic nitrogens is 2. The second-order valence-corrected chi connectivity index (χ2v) is 7.68. The highest BCUT2D eigenvalue weighted by Crippen LogP contribution is 2.20. The second-order valence-electron chi connectivity index (χ2n) is 5.78. The van der Waals surface area contributed by atoms with E-state index in [1.54, 1.807) is 11.8 Å². The number of hydrogen-bond acceptors (Lipinski definition) is 4. The second kappa shape index (κ2) is 9.09. The van der Waals surface area contributed by atoms with E-state index in [-0.39, 0.29) is 18.6 Å². The predicted octanol–water partition coefficient (Wildman–Crippen LogP) is 4.31. The van der Waals surface area contributed by atoms with Crippen LogP contribution in [0.15, 0.2) is 53.0 Å². The van der Waals surface area contributed by atoms with Gasteiger partial charge in [0, 0.05) is 4.47 Å². The summed E-state index contributed by atoms with van der Waals surface area (Å²) in [5.74, 6) is 2.19. The number of carbonyl (C=O) groups is 1. The zero-order valence-corrected chi connectivity index (χ0v) is 16.8. The average Bonchev–Trinajstić information content (AvgIpc) is 3.08. The van der Waals surface area contributed by atoms with Gasteiger partial charge in [0.1, 0.15) is 11.6 Å². The summed E-state index contributed by atoms with van der Waals surface area (Å²) in [5.41, 5.74) is 1.87. The van der Waals surface area contributed by atoms with Crippen LogP contribution in [-0.4, -0.2) is 34.5 Å². The van der Waals surface area contributed by atoms with Crippen molar-refractivity contribution in [2.75, 3.05) is 18.6 Å². The molecule has 2 aromatic carbocycles. The lowest BCUT2D eigenvalue weighted by atomic mass is 10.2. The van der Waals surface area contributed by atoms with E-state index >= 15 is 0 Å². The van der Waals surface area contributed by atoms with Crippen LogP contribution >= 0.6 is 27.7 Å². The van der Waals surface area contributed by atoms with E-state index in [2.05, 4.69) is 31.2 Å². The Balaban J connectivity index is 1.65. The van der Waals surface area contributed by atoms with Crippen LogP contribution in [0, 0.1) is 0 Å². The van der Waals surface area contributed by atoms with Crippen molar-refractivity contribution in [3.8, 4) is 5.75 Å². The summed E-state index contributed by atoms with van der Waals surface area (Å²) in [7, 11) is 0. The maximum absolute atomic E-state index is 12.4. The van der Waals surface area contributed by atoms with E-state index in [0.717, 1.165) is 33.5 Å². The van der Waals surface area contributed by atoms with Crippen molar-refractivity contribution in [2.24, 2.45) is 0 Å². The Hall–Kier alpha value is -1.99. The Labute approximate surface area is 165 Å². The molecule has 2 N–H and O–H groups in total. The minimum absolute atomic E-state index is 0.0301. The number of benzene rings is 2. The zero-order chi connectivity index (χ0) is 18.4. The lowest BCUT2D eigenvalue weighted by molar-refractivity contribution is -0.123. The van der Waals surface area contributed by atoms with Crippen molar-refractivity contribution in [3.05, 3.63) is 58.8 Å². The number of nitrogens with one attached hydrogen (secondary N) is 2. The lowest BCUT2D eigenvalue weighted by Crippen LogP contribution is -2.33. The van der Waals surface area contributed by atoms with Crippen LogP contribution < -0.4 is 10.1 Å². The smallest absolute Gasteiger partial charge is 0.258 e. The van der Waals surface area contributed by atoms with Crippen molar-refractivity contribution in [1.82, 2.24) is 15.3 Å². The first-order valence-electron chi connectivity index (χ1n) is 8.27. The molecular formula is C19H20BrN3O2S. The number of para-hydroxylation sites is 2. The van der Waals surface area contributed by atoms with Gasteiger partial charge < -0.3 is 15.0 Å². The Morgan fingerprint density at radius 2 is 2.04 bits per heavy atom. The van der Waals surface area contributed by atoms with Crippen molar-refractivity contribution >= 4 is 44.6 Å². The van der Waals surface area contributed by atoms with Crippen LogP contribution in [0.2, 0.25) is 0 Å². The van der Waals surface area contributed by atoms with Gasteiger partial charge in [0.25, 0.3) is 5.91 Å². The van der Waals surface area contributed by atoms with Crippen molar-refractivity contribution in [2.45, 2.75) is 12.5 Å². The summed E-state index contributed by atoms with van der Waals surface area (Å²) in [6.45, 7) is -0.0301. The zero-order valence-electron chi connectivity index (χ0n) is 14.4. The topological polar surface area (TPSA) is 67.0 Å². The molecule has 0 aliphatic heterocycles. The molecule has 0 fully saturated rings. The van der Waals surface area contributed by atoms with Crippen LogP contribution in [0.5, 0.6) is 5.75 Å². The number of H-pyrrole nitrogens is 1. The van der Waals surface area contributed by atoms with Crippen LogP contribution in [0.3, 0.4) is 0 Å². The van der Waals surface area contributed by atoms with E-state index in [9.17, 15) is 4.79 Å². The normalized spacial score (nSPS) is 12.1. The molecule has 0 bridgehead atoms. The number of halogens is 1. The number of imidazole rings is 1. The molecule has 0 aliphatic carbocycles. The number of aromatic amines is 1. The molecule has 7 heteroatoms. The molecule has 1 atom stereocenters. The quantitative estimate of drug-likeness (QED) is 0.555. The molecule has 0 saturated heterocycles. The number of ether oxygens (including phenoxy) is 1. The highest BCUT2D eigenvalue weighted by atomic mass is 79.9. The van der Waals surface area contributed by atoms with Gasteiger partial charge in [-0.25, -0.2) is 4.98 Å². The summed E-state index contributed by atoms with van der Waals surface area (Å²) >= 11 is 5.12. The maximum Gasteiger partial charge on any atom is 0.258 e. The summed E-state index contributed by atoms with van der Waals surface area (Å²) in [6.07, 6.45) is 2.85. The number of fused-ring (bicyclic) bond motifs is 1. The van der Waals surface area contributed by atoms with Gasteiger partial charge in [-0.1, -0.05) is 28.1 Å². The fourth-order valence-electron chi connectivity index (χ4n) is 2.57. The summed E-state index contributed by atoms with van der Waals surface area (Å²) in [6, 6.07) is 15.1. The SMILES string of the molecule is CSCCC(NC(=O)COc1ccc(Br)cc1)c1nc2ccccc2[nH]1. The molecule has 5 nitrogen and oxygen atoms in total. The van der Waals surface area contributed by atoms with Crippen molar-refractivity contribution in [1.29, 1.82) is 0 Å². The molecule has 1 amide bonds. The molecule has 0 saturated carbocycles. The van der Waals surface area contributed by atoms with E-state index in [0.29, 0.717) is 5.75 Å². The molecule has 1 aromatic heterocycles. The van der Waals surface area contributed by atoms with Crippen molar-refractivity contribution in [3.63, 3.8) is 0 Å². The van der Waals surface area contributed by atoms with E-state index in [1.165, 1.54) is 0 Å². The Morgan fingerprint density at radius 1 is 1.27 bits per heavy atom. The highest BCUT2D eigenvalue weighted by molar-refractivity contribution is 9.10. The largest absolute Gasteiger partial charge is 0.484 e. The van der Waals surface area contributed by atoms with Crippen molar-refractivity contribution < 1.29 is 9.53 Å². The van der Waals surface area contributed by atoms with E-state index in [1.807, 2.05) is 54.8 Å². The Bertz CT molecular complexity index is 834. The third-order valence-electron chi connectivity index (χ3n) is 3.87. The number of carbonyl (C=O) groups excluding carboxylic acids is 1. The van der Waals surface area contributed by atoms with Gasteiger partial charge in [0.05, 0.1) is 17.1 Å². The predicted molar refractivity (Wildman–Crippen MR) is 110 cm³/mol. The summed E-state index contributed by atoms with van der Waals surface area (Å²) in [4.78, 5) is 20.3.